The van der Waals surface area contributed by atoms with Gasteiger partial charge in [-0.25, -0.2) is 0 Å². The standard InChI is InChI=1S/C14H14S2.Cu/c1-3-7-13(8-4-1)11-15-16-12-14-9-5-2-6-10-14;/h1-10H,11-12H2;. The van der Waals surface area contributed by atoms with Gasteiger partial charge >= 0.3 is 0 Å². The molecule has 0 aromatic heterocycles. The van der Waals surface area contributed by atoms with Gasteiger partial charge in [0, 0.05) is 28.6 Å². The summed E-state index contributed by atoms with van der Waals surface area (Å²) in [6.45, 7) is 0. The molecular formula is C14H14CuS2. The summed E-state index contributed by atoms with van der Waals surface area (Å²) < 4.78 is 0. The zero-order valence-corrected chi connectivity index (χ0v) is 11.9. The predicted octanol–water partition coefficient (Wildman–Crippen LogP) is 4.77. The van der Waals surface area contributed by atoms with E-state index in [4.69, 9.17) is 0 Å². The van der Waals surface area contributed by atoms with Crippen LogP contribution < -0.4 is 0 Å². The molecule has 0 N–H and O–H groups in total. The van der Waals surface area contributed by atoms with Gasteiger partial charge in [0.05, 0.1) is 0 Å². The van der Waals surface area contributed by atoms with Gasteiger partial charge in [-0.15, -0.1) is 0 Å². The van der Waals surface area contributed by atoms with Crippen molar-refractivity contribution < 1.29 is 17.1 Å². The molecule has 0 aliphatic heterocycles. The molecule has 0 fully saturated rings. The molecule has 93 valence electrons. The molecule has 0 aliphatic carbocycles. The van der Waals surface area contributed by atoms with E-state index in [1.807, 2.05) is 21.6 Å². The molecule has 0 atom stereocenters. The Morgan fingerprint density at radius 1 is 0.588 bits per heavy atom. The molecule has 3 heteroatoms. The SMILES string of the molecule is [Cu].c1ccc(CSSCc2ccccc2)cc1. The smallest absolute Gasteiger partial charge is 0.0288 e. The first kappa shape index (κ1) is 14.7. The average Bonchev–Trinajstić information content (AvgIpc) is 2.37. The van der Waals surface area contributed by atoms with Crippen LogP contribution in [-0.2, 0) is 28.6 Å². The summed E-state index contributed by atoms with van der Waals surface area (Å²) in [5.41, 5.74) is 2.79. The monoisotopic (exact) mass is 309 g/mol. The van der Waals surface area contributed by atoms with E-state index in [-0.39, 0.29) is 17.1 Å². The third-order valence-electron chi connectivity index (χ3n) is 2.22. The molecule has 0 unspecified atom stereocenters. The van der Waals surface area contributed by atoms with Crippen molar-refractivity contribution in [2.24, 2.45) is 0 Å². The zero-order valence-electron chi connectivity index (χ0n) is 9.31. The molecule has 0 bridgehead atoms. The number of benzene rings is 2. The van der Waals surface area contributed by atoms with Crippen LogP contribution in [0.3, 0.4) is 0 Å². The van der Waals surface area contributed by atoms with Gasteiger partial charge in [-0.1, -0.05) is 82.3 Å². The van der Waals surface area contributed by atoms with Crippen molar-refractivity contribution in [1.29, 1.82) is 0 Å². The van der Waals surface area contributed by atoms with Gasteiger partial charge in [-0.2, -0.15) is 0 Å². The molecule has 0 saturated heterocycles. The van der Waals surface area contributed by atoms with Crippen molar-refractivity contribution in [3.63, 3.8) is 0 Å². The van der Waals surface area contributed by atoms with Crippen molar-refractivity contribution in [3.8, 4) is 0 Å². The van der Waals surface area contributed by atoms with Crippen molar-refractivity contribution >= 4 is 21.6 Å². The first-order valence-electron chi connectivity index (χ1n) is 5.27. The molecule has 2 rings (SSSR count). The molecule has 0 heterocycles. The average molecular weight is 310 g/mol. The Morgan fingerprint density at radius 2 is 0.941 bits per heavy atom. The Labute approximate surface area is 121 Å². The van der Waals surface area contributed by atoms with Crippen molar-refractivity contribution in [1.82, 2.24) is 0 Å². The van der Waals surface area contributed by atoms with Crippen LogP contribution in [-0.4, -0.2) is 0 Å². The van der Waals surface area contributed by atoms with E-state index < -0.39 is 0 Å². The minimum Gasteiger partial charge on any atom is -0.0890 e. The van der Waals surface area contributed by atoms with Gasteiger partial charge in [-0.3, -0.25) is 0 Å². The summed E-state index contributed by atoms with van der Waals surface area (Å²) in [5.74, 6) is 2.16. The number of hydrogen-bond acceptors (Lipinski definition) is 2. The molecule has 0 nitrogen and oxygen atoms in total. The Hall–Kier alpha value is -0.341. The maximum Gasteiger partial charge on any atom is 0.0288 e. The topological polar surface area (TPSA) is 0 Å². The van der Waals surface area contributed by atoms with Gasteiger partial charge in [0.1, 0.15) is 0 Å². The van der Waals surface area contributed by atoms with E-state index in [2.05, 4.69) is 60.7 Å². The van der Waals surface area contributed by atoms with Gasteiger partial charge in [-0.05, 0) is 11.1 Å². The summed E-state index contributed by atoms with van der Waals surface area (Å²) >= 11 is 0. The molecule has 0 aliphatic rings. The summed E-state index contributed by atoms with van der Waals surface area (Å²) in [6.07, 6.45) is 0. The summed E-state index contributed by atoms with van der Waals surface area (Å²) in [5, 5.41) is 0. The third-order valence-corrected chi connectivity index (χ3v) is 4.50. The van der Waals surface area contributed by atoms with Crippen LogP contribution in [0.25, 0.3) is 0 Å². The van der Waals surface area contributed by atoms with E-state index in [0.717, 1.165) is 11.5 Å². The van der Waals surface area contributed by atoms with E-state index in [1.165, 1.54) is 11.1 Å². The second-order valence-electron chi connectivity index (χ2n) is 3.50. The van der Waals surface area contributed by atoms with Crippen molar-refractivity contribution in [3.05, 3.63) is 71.8 Å². The van der Waals surface area contributed by atoms with Crippen LogP contribution in [0, 0.1) is 0 Å². The van der Waals surface area contributed by atoms with E-state index in [9.17, 15) is 0 Å². The first-order chi connectivity index (χ1) is 7.95. The first-order valence-corrected chi connectivity index (χ1v) is 7.76. The Balaban J connectivity index is 0.00000144. The van der Waals surface area contributed by atoms with Gasteiger partial charge < -0.3 is 0 Å². The molecule has 1 radical (unpaired) electrons. The van der Waals surface area contributed by atoms with E-state index in [1.54, 1.807) is 0 Å². The van der Waals surface area contributed by atoms with Crippen molar-refractivity contribution in [2.75, 3.05) is 0 Å². The molecule has 0 spiro atoms. The van der Waals surface area contributed by atoms with Crippen LogP contribution in [0.2, 0.25) is 0 Å². The normalized spacial score (nSPS) is 9.65. The summed E-state index contributed by atoms with van der Waals surface area (Å²) in [6, 6.07) is 21.2. The predicted molar refractivity (Wildman–Crippen MR) is 75.5 cm³/mol. The van der Waals surface area contributed by atoms with E-state index in [0.29, 0.717) is 0 Å². The quantitative estimate of drug-likeness (QED) is 0.443. The molecule has 0 amide bonds. The maximum atomic E-state index is 2.18. The Morgan fingerprint density at radius 3 is 1.29 bits per heavy atom. The largest absolute Gasteiger partial charge is 0.0890 e. The van der Waals surface area contributed by atoms with Crippen molar-refractivity contribution in [2.45, 2.75) is 11.5 Å². The van der Waals surface area contributed by atoms with Gasteiger partial charge in [0.25, 0.3) is 0 Å². The van der Waals surface area contributed by atoms with Crippen LogP contribution in [0.5, 0.6) is 0 Å². The molecule has 2 aromatic rings. The van der Waals surface area contributed by atoms with Gasteiger partial charge in [0.15, 0.2) is 0 Å². The summed E-state index contributed by atoms with van der Waals surface area (Å²) in [4.78, 5) is 0. The fraction of sp³-hybridized carbons (Fsp3) is 0.143. The van der Waals surface area contributed by atoms with Crippen LogP contribution in [0.15, 0.2) is 60.7 Å². The maximum absolute atomic E-state index is 2.18. The Bertz CT molecular complexity index is 362. The molecule has 17 heavy (non-hydrogen) atoms. The molecule has 2 aromatic carbocycles. The van der Waals surface area contributed by atoms with Crippen LogP contribution in [0.1, 0.15) is 11.1 Å². The van der Waals surface area contributed by atoms with E-state index >= 15 is 0 Å². The second kappa shape index (κ2) is 8.71. The number of hydrogen-bond donors (Lipinski definition) is 0. The Kier molecular flexibility index (Phi) is 7.54. The minimum atomic E-state index is 0. The summed E-state index contributed by atoms with van der Waals surface area (Å²) in [7, 11) is 3.84. The van der Waals surface area contributed by atoms with Crippen LogP contribution >= 0.6 is 21.6 Å². The van der Waals surface area contributed by atoms with Crippen LogP contribution in [0.4, 0.5) is 0 Å². The third kappa shape index (κ3) is 5.69. The number of rotatable bonds is 5. The zero-order chi connectivity index (χ0) is 11.1. The molecule has 0 saturated carbocycles. The fourth-order valence-electron chi connectivity index (χ4n) is 1.37. The second-order valence-corrected chi connectivity index (χ2v) is 5.96. The minimum absolute atomic E-state index is 0. The van der Waals surface area contributed by atoms with Gasteiger partial charge in [0.2, 0.25) is 0 Å². The fourth-order valence-corrected chi connectivity index (χ4v) is 3.51. The molecular weight excluding hydrogens is 296 g/mol.